The van der Waals surface area contributed by atoms with E-state index in [0.29, 0.717) is 6.42 Å². The fourth-order valence-electron chi connectivity index (χ4n) is 2.21. The molecular weight excluding hydrogens is 282 g/mol. The molecule has 1 aromatic heterocycles. The van der Waals surface area contributed by atoms with Gasteiger partial charge < -0.3 is 9.73 Å². The van der Waals surface area contributed by atoms with Crippen LogP contribution in [0.1, 0.15) is 31.1 Å². The molecule has 0 saturated heterocycles. The normalized spacial score (nSPS) is 14.4. The third-order valence-corrected chi connectivity index (χ3v) is 3.51. The highest BCUT2D eigenvalue weighted by Crippen LogP contribution is 2.24. The van der Waals surface area contributed by atoms with Crippen molar-refractivity contribution in [3.05, 3.63) is 35.6 Å². The molecule has 3 rings (SSSR count). The van der Waals surface area contributed by atoms with E-state index in [-0.39, 0.29) is 6.04 Å². The molecule has 0 atom stereocenters. The van der Waals surface area contributed by atoms with E-state index in [9.17, 15) is 9.59 Å². The molecule has 2 N–H and O–H groups in total. The van der Waals surface area contributed by atoms with Crippen molar-refractivity contribution >= 4 is 29.0 Å². The second-order valence-electron chi connectivity index (χ2n) is 5.24. The van der Waals surface area contributed by atoms with Gasteiger partial charge in [-0.2, -0.15) is 5.10 Å². The molecule has 1 aliphatic carbocycles. The van der Waals surface area contributed by atoms with Gasteiger partial charge in [0, 0.05) is 23.4 Å². The van der Waals surface area contributed by atoms with E-state index in [4.69, 9.17) is 4.42 Å². The quantitative estimate of drug-likeness (QED) is 0.512. The number of hydrogen-bond acceptors (Lipinski definition) is 4. The average molecular weight is 299 g/mol. The summed E-state index contributed by atoms with van der Waals surface area (Å²) in [4.78, 5) is 23.1. The lowest BCUT2D eigenvalue weighted by Crippen LogP contribution is -2.38. The number of rotatable bonds is 4. The van der Waals surface area contributed by atoms with Gasteiger partial charge in [-0.25, -0.2) is 5.43 Å². The van der Waals surface area contributed by atoms with Gasteiger partial charge in [0.2, 0.25) is 0 Å². The maximum atomic E-state index is 11.6. The lowest BCUT2D eigenvalue weighted by Gasteiger charge is -2.00. The number of hydrogen-bond donors (Lipinski definition) is 2. The SMILES string of the molecule is CCc1oc2ccccc2c1/C=N\NC(=O)C(=O)NC1CC1. The van der Waals surface area contributed by atoms with Crippen molar-refractivity contribution < 1.29 is 14.0 Å². The van der Waals surface area contributed by atoms with Crippen LogP contribution < -0.4 is 10.7 Å². The van der Waals surface area contributed by atoms with E-state index in [1.54, 1.807) is 0 Å². The summed E-state index contributed by atoms with van der Waals surface area (Å²) in [6, 6.07) is 7.77. The number of fused-ring (bicyclic) bond motifs is 1. The minimum absolute atomic E-state index is 0.145. The predicted molar refractivity (Wildman–Crippen MR) is 82.5 cm³/mol. The van der Waals surface area contributed by atoms with Crippen LogP contribution in [0.25, 0.3) is 11.0 Å². The topological polar surface area (TPSA) is 83.7 Å². The predicted octanol–water partition coefficient (Wildman–Crippen LogP) is 1.72. The molecule has 114 valence electrons. The number of nitrogens with one attached hydrogen (secondary N) is 2. The van der Waals surface area contributed by atoms with E-state index in [0.717, 1.165) is 35.1 Å². The molecule has 1 aliphatic rings. The summed E-state index contributed by atoms with van der Waals surface area (Å²) in [6.45, 7) is 1.98. The van der Waals surface area contributed by atoms with E-state index < -0.39 is 11.8 Å². The van der Waals surface area contributed by atoms with Crippen molar-refractivity contribution in [1.29, 1.82) is 0 Å². The zero-order valence-corrected chi connectivity index (χ0v) is 12.3. The number of hydrazone groups is 1. The third-order valence-electron chi connectivity index (χ3n) is 3.51. The lowest BCUT2D eigenvalue weighted by atomic mass is 10.1. The van der Waals surface area contributed by atoms with Crippen LogP contribution in [0.15, 0.2) is 33.8 Å². The van der Waals surface area contributed by atoms with Crippen molar-refractivity contribution in [3.8, 4) is 0 Å². The molecule has 0 aliphatic heterocycles. The largest absolute Gasteiger partial charge is 0.460 e. The summed E-state index contributed by atoms with van der Waals surface area (Å²) in [5, 5.41) is 7.41. The second kappa shape index (κ2) is 6.01. The Bertz CT molecular complexity index is 744. The van der Waals surface area contributed by atoms with Gasteiger partial charge in [-0.15, -0.1) is 0 Å². The molecule has 1 saturated carbocycles. The van der Waals surface area contributed by atoms with Gasteiger partial charge in [0.05, 0.1) is 6.21 Å². The Morgan fingerprint density at radius 2 is 2.09 bits per heavy atom. The molecule has 0 unspecified atom stereocenters. The number of aryl methyl sites for hydroxylation is 1. The zero-order chi connectivity index (χ0) is 15.5. The molecule has 6 nitrogen and oxygen atoms in total. The summed E-state index contributed by atoms with van der Waals surface area (Å²) in [5.74, 6) is -0.608. The van der Waals surface area contributed by atoms with Crippen molar-refractivity contribution in [3.63, 3.8) is 0 Å². The third kappa shape index (κ3) is 3.00. The summed E-state index contributed by atoms with van der Waals surface area (Å²) >= 11 is 0. The standard InChI is InChI=1S/C16H17N3O3/c1-2-13-12(11-5-3-4-6-14(11)22-13)9-17-19-16(21)15(20)18-10-7-8-10/h3-6,9-10H,2,7-8H2,1H3,(H,18,20)(H,19,21)/b17-9-. The highest BCUT2D eigenvalue weighted by Gasteiger charge is 2.26. The Labute approximate surface area is 127 Å². The number of para-hydroxylation sites is 1. The van der Waals surface area contributed by atoms with Gasteiger partial charge in [-0.1, -0.05) is 25.1 Å². The Hall–Kier alpha value is -2.63. The van der Waals surface area contributed by atoms with Crippen LogP contribution in [0.3, 0.4) is 0 Å². The monoisotopic (exact) mass is 299 g/mol. The first kappa shape index (κ1) is 14.3. The summed E-state index contributed by atoms with van der Waals surface area (Å²) in [5.41, 5.74) is 3.84. The molecule has 1 fully saturated rings. The fraction of sp³-hybridized carbons (Fsp3) is 0.312. The van der Waals surface area contributed by atoms with E-state index >= 15 is 0 Å². The van der Waals surface area contributed by atoms with Crippen molar-refractivity contribution in [2.45, 2.75) is 32.2 Å². The summed E-state index contributed by atoms with van der Waals surface area (Å²) in [7, 11) is 0. The number of carbonyl (C=O) groups is 2. The van der Waals surface area contributed by atoms with E-state index in [1.807, 2.05) is 31.2 Å². The Kier molecular flexibility index (Phi) is 3.91. The van der Waals surface area contributed by atoms with Gasteiger partial charge in [0.1, 0.15) is 11.3 Å². The fourth-order valence-corrected chi connectivity index (χ4v) is 2.21. The van der Waals surface area contributed by atoms with Gasteiger partial charge in [-0.3, -0.25) is 9.59 Å². The number of carbonyl (C=O) groups excluding carboxylic acids is 2. The first-order valence-electron chi connectivity index (χ1n) is 7.33. The van der Waals surface area contributed by atoms with Gasteiger partial charge >= 0.3 is 11.8 Å². The summed E-state index contributed by atoms with van der Waals surface area (Å²) in [6.07, 6.45) is 4.10. The first-order valence-corrected chi connectivity index (χ1v) is 7.33. The van der Waals surface area contributed by atoms with Crippen LogP contribution in [-0.4, -0.2) is 24.1 Å². The minimum Gasteiger partial charge on any atom is -0.460 e. The molecule has 0 radical (unpaired) electrons. The van der Waals surface area contributed by atoms with Crippen LogP contribution in [0, 0.1) is 0 Å². The Morgan fingerprint density at radius 1 is 1.32 bits per heavy atom. The lowest BCUT2D eigenvalue weighted by molar-refractivity contribution is -0.139. The summed E-state index contributed by atoms with van der Waals surface area (Å²) < 4.78 is 5.73. The molecule has 0 bridgehead atoms. The van der Waals surface area contributed by atoms with Gasteiger partial charge in [0.15, 0.2) is 0 Å². The van der Waals surface area contributed by atoms with Crippen LogP contribution in [0.5, 0.6) is 0 Å². The zero-order valence-electron chi connectivity index (χ0n) is 12.3. The van der Waals surface area contributed by atoms with Crippen molar-refractivity contribution in [2.75, 3.05) is 0 Å². The van der Waals surface area contributed by atoms with Gasteiger partial charge in [0.25, 0.3) is 0 Å². The first-order chi connectivity index (χ1) is 10.7. The van der Waals surface area contributed by atoms with Crippen LogP contribution in [0.2, 0.25) is 0 Å². The Morgan fingerprint density at radius 3 is 2.82 bits per heavy atom. The second-order valence-corrected chi connectivity index (χ2v) is 5.24. The maximum Gasteiger partial charge on any atom is 0.329 e. The van der Waals surface area contributed by atoms with Crippen LogP contribution in [-0.2, 0) is 16.0 Å². The minimum atomic E-state index is -0.756. The number of furan rings is 1. The smallest absolute Gasteiger partial charge is 0.329 e. The number of amides is 2. The molecule has 2 amide bonds. The highest BCUT2D eigenvalue weighted by molar-refractivity contribution is 6.35. The van der Waals surface area contributed by atoms with Crippen LogP contribution >= 0.6 is 0 Å². The van der Waals surface area contributed by atoms with Gasteiger partial charge in [-0.05, 0) is 18.9 Å². The molecule has 0 spiro atoms. The number of benzene rings is 1. The molecule has 6 heteroatoms. The maximum absolute atomic E-state index is 11.6. The number of nitrogens with zero attached hydrogens (tertiary/aromatic N) is 1. The van der Waals surface area contributed by atoms with E-state index in [1.165, 1.54) is 6.21 Å². The highest BCUT2D eigenvalue weighted by atomic mass is 16.3. The molecule has 1 heterocycles. The van der Waals surface area contributed by atoms with Crippen molar-refractivity contribution in [2.24, 2.45) is 5.10 Å². The Balaban J connectivity index is 1.71. The molecule has 22 heavy (non-hydrogen) atoms. The van der Waals surface area contributed by atoms with E-state index in [2.05, 4.69) is 15.8 Å². The van der Waals surface area contributed by atoms with Crippen LogP contribution in [0.4, 0.5) is 0 Å². The van der Waals surface area contributed by atoms with Crippen molar-refractivity contribution in [1.82, 2.24) is 10.7 Å². The molecule has 2 aromatic rings. The molecular formula is C16H17N3O3. The molecule has 1 aromatic carbocycles. The average Bonchev–Trinajstić information content (AvgIpc) is 3.27.